The van der Waals surface area contributed by atoms with Gasteiger partial charge in [0.15, 0.2) is 5.78 Å². The Bertz CT molecular complexity index is 957. The average Bonchev–Trinajstić information content (AvgIpc) is 2.78. The van der Waals surface area contributed by atoms with Crippen LogP contribution in [0.4, 0.5) is 4.39 Å². The van der Waals surface area contributed by atoms with E-state index >= 15 is 0 Å². The first kappa shape index (κ1) is 23.6. The lowest BCUT2D eigenvalue weighted by Crippen LogP contribution is -2.60. The standard InChI is InChI=1S/C23H23FO8/c1-13(25)15-5-9-17(10-6-15)31-23-22(29)21(28)20(27)18(32-23)12-30-19(26)11-4-14-2-7-16(24)8-3-14/h2-11,18,20-23,27-29H,12H2,1H3/b11-4+/t18-,20-,21+,22-,23-/m1/s1. The highest BCUT2D eigenvalue weighted by Gasteiger charge is 2.45. The molecule has 1 aliphatic heterocycles. The van der Waals surface area contributed by atoms with Crippen LogP contribution >= 0.6 is 0 Å². The van der Waals surface area contributed by atoms with Gasteiger partial charge in [-0.1, -0.05) is 12.1 Å². The smallest absolute Gasteiger partial charge is 0.330 e. The molecular formula is C23H23FO8. The van der Waals surface area contributed by atoms with Gasteiger partial charge in [0, 0.05) is 11.6 Å². The monoisotopic (exact) mass is 446 g/mol. The SMILES string of the molecule is CC(=O)c1ccc(O[C@@H]2O[C@H](COC(=O)/C=C/c3ccc(F)cc3)[C@@H](O)[C@H](O)[C@H]2O)cc1. The predicted octanol–water partition coefficient (Wildman–Crippen LogP) is 1.47. The summed E-state index contributed by atoms with van der Waals surface area (Å²) in [5.74, 6) is -1.01. The van der Waals surface area contributed by atoms with E-state index in [4.69, 9.17) is 14.2 Å². The number of rotatable bonds is 7. The summed E-state index contributed by atoms with van der Waals surface area (Å²) in [6, 6.07) is 11.5. The minimum Gasteiger partial charge on any atom is -0.462 e. The van der Waals surface area contributed by atoms with Crippen LogP contribution in [0.2, 0.25) is 0 Å². The van der Waals surface area contributed by atoms with Gasteiger partial charge in [0.25, 0.3) is 0 Å². The first-order chi connectivity index (χ1) is 15.2. The van der Waals surface area contributed by atoms with Gasteiger partial charge in [-0.3, -0.25) is 4.79 Å². The van der Waals surface area contributed by atoms with Gasteiger partial charge >= 0.3 is 5.97 Å². The number of Topliss-reactive ketones (excluding diaryl/α,β-unsaturated/α-hetero) is 1. The van der Waals surface area contributed by atoms with Crippen molar-refractivity contribution >= 4 is 17.8 Å². The first-order valence-electron chi connectivity index (χ1n) is 9.82. The molecule has 8 nitrogen and oxygen atoms in total. The maximum absolute atomic E-state index is 12.9. The lowest BCUT2D eigenvalue weighted by atomic mass is 9.99. The molecule has 170 valence electrons. The summed E-state index contributed by atoms with van der Waals surface area (Å²) < 4.78 is 29.0. The lowest BCUT2D eigenvalue weighted by Gasteiger charge is -2.39. The van der Waals surface area contributed by atoms with Crippen LogP contribution in [0, 0.1) is 5.82 Å². The molecule has 1 aliphatic rings. The van der Waals surface area contributed by atoms with Gasteiger partial charge in [0.05, 0.1) is 0 Å². The quantitative estimate of drug-likeness (QED) is 0.332. The molecule has 3 N–H and O–H groups in total. The minimum atomic E-state index is -1.61. The number of ether oxygens (including phenoxy) is 3. The largest absolute Gasteiger partial charge is 0.462 e. The Hall–Kier alpha value is -3.11. The predicted molar refractivity (Wildman–Crippen MR) is 110 cm³/mol. The third kappa shape index (κ3) is 5.98. The van der Waals surface area contributed by atoms with Crippen LogP contribution < -0.4 is 4.74 Å². The van der Waals surface area contributed by atoms with E-state index in [1.807, 2.05) is 0 Å². The van der Waals surface area contributed by atoms with Crippen LogP contribution in [0.15, 0.2) is 54.6 Å². The molecule has 0 aromatic heterocycles. The molecule has 2 aromatic carbocycles. The van der Waals surface area contributed by atoms with Crippen molar-refractivity contribution in [3.05, 3.63) is 71.6 Å². The number of benzene rings is 2. The van der Waals surface area contributed by atoms with Crippen molar-refractivity contribution in [2.75, 3.05) is 6.61 Å². The fourth-order valence-corrected chi connectivity index (χ4v) is 3.00. The Morgan fingerprint density at radius 2 is 1.66 bits per heavy atom. The van der Waals surface area contributed by atoms with Crippen LogP contribution in [0.5, 0.6) is 5.75 Å². The number of aliphatic hydroxyl groups is 3. The Labute approximate surface area is 183 Å². The summed E-state index contributed by atoms with van der Waals surface area (Å²) in [6.45, 7) is 1.00. The van der Waals surface area contributed by atoms with E-state index in [1.54, 1.807) is 0 Å². The van der Waals surface area contributed by atoms with Gasteiger partial charge in [0.2, 0.25) is 6.29 Å². The molecule has 5 atom stereocenters. The fourth-order valence-electron chi connectivity index (χ4n) is 3.00. The zero-order valence-electron chi connectivity index (χ0n) is 17.1. The highest BCUT2D eigenvalue weighted by Crippen LogP contribution is 2.25. The fraction of sp³-hybridized carbons (Fsp3) is 0.304. The minimum absolute atomic E-state index is 0.126. The number of hydrogen-bond acceptors (Lipinski definition) is 8. The highest BCUT2D eigenvalue weighted by molar-refractivity contribution is 5.94. The number of carbonyl (C=O) groups excluding carboxylic acids is 2. The topological polar surface area (TPSA) is 123 Å². The van der Waals surface area contributed by atoms with Gasteiger partial charge in [-0.05, 0) is 55.0 Å². The maximum Gasteiger partial charge on any atom is 0.330 e. The number of halogens is 1. The van der Waals surface area contributed by atoms with E-state index < -0.39 is 49.1 Å². The number of carbonyl (C=O) groups is 2. The number of aliphatic hydroxyl groups excluding tert-OH is 3. The molecule has 0 saturated carbocycles. The summed E-state index contributed by atoms with van der Waals surface area (Å²) in [5, 5.41) is 30.5. The molecule has 0 amide bonds. The van der Waals surface area contributed by atoms with E-state index in [9.17, 15) is 29.3 Å². The summed E-state index contributed by atoms with van der Waals surface area (Å²) in [4.78, 5) is 23.3. The van der Waals surface area contributed by atoms with Crippen molar-refractivity contribution in [2.24, 2.45) is 0 Å². The van der Waals surface area contributed by atoms with E-state index in [0.717, 1.165) is 6.08 Å². The van der Waals surface area contributed by atoms with Crippen molar-refractivity contribution in [1.82, 2.24) is 0 Å². The third-order valence-corrected chi connectivity index (χ3v) is 4.85. The second kappa shape index (κ2) is 10.5. The highest BCUT2D eigenvalue weighted by atomic mass is 19.1. The van der Waals surface area contributed by atoms with Crippen molar-refractivity contribution in [2.45, 2.75) is 37.6 Å². The van der Waals surface area contributed by atoms with Crippen LogP contribution in [0.3, 0.4) is 0 Å². The normalized spacial score (nSPS) is 25.5. The molecule has 1 fully saturated rings. The molecule has 1 heterocycles. The van der Waals surface area contributed by atoms with E-state index in [2.05, 4.69) is 0 Å². The van der Waals surface area contributed by atoms with Gasteiger partial charge in [-0.15, -0.1) is 0 Å². The number of ketones is 1. The van der Waals surface area contributed by atoms with E-state index in [-0.39, 0.29) is 11.5 Å². The molecule has 0 spiro atoms. The molecule has 3 rings (SSSR count). The van der Waals surface area contributed by atoms with Crippen molar-refractivity contribution in [1.29, 1.82) is 0 Å². The van der Waals surface area contributed by atoms with Crippen LogP contribution in [0.1, 0.15) is 22.8 Å². The zero-order valence-corrected chi connectivity index (χ0v) is 17.1. The van der Waals surface area contributed by atoms with Gasteiger partial charge in [0.1, 0.15) is 42.6 Å². The second-order valence-electron chi connectivity index (χ2n) is 7.23. The Balaban J connectivity index is 1.58. The Morgan fingerprint density at radius 1 is 1.00 bits per heavy atom. The van der Waals surface area contributed by atoms with E-state index in [1.165, 1.54) is 61.5 Å². The zero-order chi connectivity index (χ0) is 23.3. The summed E-state index contributed by atoms with van der Waals surface area (Å²) in [6.07, 6.45) is -4.67. The van der Waals surface area contributed by atoms with Crippen molar-refractivity contribution < 1.29 is 43.5 Å². The van der Waals surface area contributed by atoms with Crippen molar-refractivity contribution in [3.63, 3.8) is 0 Å². The number of hydrogen-bond donors (Lipinski definition) is 3. The molecular weight excluding hydrogens is 423 g/mol. The molecule has 0 aliphatic carbocycles. The molecule has 0 unspecified atom stereocenters. The summed E-state index contributed by atoms with van der Waals surface area (Å²) in [7, 11) is 0. The molecule has 32 heavy (non-hydrogen) atoms. The maximum atomic E-state index is 12.9. The van der Waals surface area contributed by atoms with Crippen LogP contribution in [-0.2, 0) is 14.3 Å². The lowest BCUT2D eigenvalue weighted by molar-refractivity contribution is -0.278. The van der Waals surface area contributed by atoms with Gasteiger partial charge in [-0.25, -0.2) is 9.18 Å². The molecule has 0 radical (unpaired) electrons. The van der Waals surface area contributed by atoms with Gasteiger partial charge < -0.3 is 29.5 Å². The Morgan fingerprint density at radius 3 is 2.28 bits per heavy atom. The first-order valence-corrected chi connectivity index (χ1v) is 9.82. The summed E-state index contributed by atoms with van der Waals surface area (Å²) in [5.41, 5.74) is 1.05. The molecule has 1 saturated heterocycles. The van der Waals surface area contributed by atoms with Crippen LogP contribution in [-0.4, -0.2) is 64.4 Å². The average molecular weight is 446 g/mol. The summed E-state index contributed by atoms with van der Waals surface area (Å²) >= 11 is 0. The van der Waals surface area contributed by atoms with Gasteiger partial charge in [-0.2, -0.15) is 0 Å². The van der Waals surface area contributed by atoms with Crippen LogP contribution in [0.25, 0.3) is 6.08 Å². The molecule has 2 aromatic rings. The second-order valence-corrected chi connectivity index (χ2v) is 7.23. The Kier molecular flexibility index (Phi) is 7.70. The van der Waals surface area contributed by atoms with E-state index in [0.29, 0.717) is 11.1 Å². The van der Waals surface area contributed by atoms with Crippen molar-refractivity contribution in [3.8, 4) is 5.75 Å². The third-order valence-electron chi connectivity index (χ3n) is 4.85. The molecule has 9 heteroatoms. The number of esters is 1. The molecule has 0 bridgehead atoms.